The van der Waals surface area contributed by atoms with Crippen molar-refractivity contribution in [2.45, 2.75) is 110 Å². The quantitative estimate of drug-likeness (QED) is 0.0598. The zero-order valence-corrected chi connectivity index (χ0v) is 36.2. The Morgan fingerprint density at radius 1 is 0.727 bits per heavy atom. The number of unbranched alkanes of at least 4 members (excludes halogenated alkanes) is 4. The van der Waals surface area contributed by atoms with Gasteiger partial charge in [0.05, 0.1) is 5.41 Å². The summed E-state index contributed by atoms with van der Waals surface area (Å²) < 4.78 is 2.50. The van der Waals surface area contributed by atoms with Gasteiger partial charge >= 0.3 is 0 Å². The van der Waals surface area contributed by atoms with Gasteiger partial charge in [-0.05, 0) is 109 Å². The van der Waals surface area contributed by atoms with Crippen molar-refractivity contribution in [1.29, 1.82) is 0 Å². The highest BCUT2D eigenvalue weighted by atomic mass is 79.9. The molecule has 2 aliphatic rings. The van der Waals surface area contributed by atoms with Crippen LogP contribution in [-0.2, 0) is 15.6 Å². The van der Waals surface area contributed by atoms with Gasteiger partial charge in [-0.15, -0.1) is 0 Å². The summed E-state index contributed by atoms with van der Waals surface area (Å²) in [6, 6.07) is 17.7. The van der Waals surface area contributed by atoms with Crippen LogP contribution >= 0.6 is 0 Å². The number of halogens is 1. The molecule has 0 atom stereocenters. The molecule has 8 heteroatoms. The number of carbonyl (C=O) groups is 1. The molecule has 0 unspecified atom stereocenters. The van der Waals surface area contributed by atoms with Crippen molar-refractivity contribution in [3.8, 4) is 0 Å². The molecule has 7 nitrogen and oxygen atoms in total. The number of fused-ring (bicyclic) bond motifs is 2. The summed E-state index contributed by atoms with van der Waals surface area (Å²) in [6.07, 6.45) is 25.7. The second-order valence-corrected chi connectivity index (χ2v) is 15.9. The van der Waals surface area contributed by atoms with Gasteiger partial charge in [0, 0.05) is 60.4 Å². The van der Waals surface area contributed by atoms with Gasteiger partial charge < -0.3 is 43.6 Å². The summed E-state index contributed by atoms with van der Waals surface area (Å²) in [5.41, 5.74) is 13.5. The van der Waals surface area contributed by atoms with Crippen molar-refractivity contribution in [3.05, 3.63) is 108 Å². The summed E-state index contributed by atoms with van der Waals surface area (Å²) in [5.74, 6) is 0.171. The van der Waals surface area contributed by atoms with Gasteiger partial charge in [-0.1, -0.05) is 94.0 Å². The number of para-hydroxylation sites is 2. The summed E-state index contributed by atoms with van der Waals surface area (Å²) >= 11 is 0. The predicted octanol–water partition coefficient (Wildman–Crippen LogP) is 5.59. The molecule has 1 amide bonds. The molecule has 302 valence electrons. The van der Waals surface area contributed by atoms with E-state index in [-0.39, 0.29) is 33.7 Å². The van der Waals surface area contributed by atoms with Crippen LogP contribution in [0.5, 0.6) is 0 Å². The zero-order valence-electron chi connectivity index (χ0n) is 34.6. The maximum absolute atomic E-state index is 12.5. The maximum atomic E-state index is 12.5. The Morgan fingerprint density at radius 2 is 1.38 bits per heavy atom. The van der Waals surface area contributed by atoms with E-state index in [9.17, 15) is 4.79 Å². The molecule has 4 rings (SSSR count). The molecule has 55 heavy (non-hydrogen) atoms. The smallest absolute Gasteiger partial charge is 0.219 e. The first-order valence-electron chi connectivity index (χ1n) is 20.9. The SMILES string of the molecule is CCCCN1/C(=C/C=C/C=C/C=C/C2=[N+](CCCCCC(=O)NCCCNCCCCNCCCN)c3ccccc3C2(C)C)C(C)(C)c2ccccc21.[Br-]. The van der Waals surface area contributed by atoms with Crippen molar-refractivity contribution in [1.82, 2.24) is 16.0 Å². The van der Waals surface area contributed by atoms with E-state index in [4.69, 9.17) is 5.73 Å². The monoisotopic (exact) mass is 814 g/mol. The minimum Gasteiger partial charge on any atom is -1.00 e. The molecule has 0 spiro atoms. The van der Waals surface area contributed by atoms with E-state index >= 15 is 0 Å². The number of nitrogens with zero attached hydrogens (tertiary/aromatic N) is 2. The van der Waals surface area contributed by atoms with Crippen molar-refractivity contribution in [3.63, 3.8) is 0 Å². The van der Waals surface area contributed by atoms with Gasteiger partial charge in [0.2, 0.25) is 11.6 Å². The van der Waals surface area contributed by atoms with Crippen LogP contribution in [0, 0.1) is 0 Å². The van der Waals surface area contributed by atoms with Gasteiger partial charge in [0.15, 0.2) is 5.71 Å². The molecule has 0 bridgehead atoms. The number of nitrogens with one attached hydrogen (secondary N) is 3. The van der Waals surface area contributed by atoms with Crippen LogP contribution in [0.3, 0.4) is 0 Å². The normalized spacial score (nSPS) is 16.5. The second kappa shape index (κ2) is 24.4. The van der Waals surface area contributed by atoms with Gasteiger partial charge in [0.1, 0.15) is 6.54 Å². The Bertz CT molecular complexity index is 1620. The van der Waals surface area contributed by atoms with E-state index in [1.165, 1.54) is 59.6 Å². The Hall–Kier alpha value is -3.30. The van der Waals surface area contributed by atoms with E-state index in [0.717, 1.165) is 84.5 Å². The van der Waals surface area contributed by atoms with E-state index in [1.54, 1.807) is 0 Å². The standard InChI is InChI=1S/C47H70N6O.BrH/c1-6-7-37-52-41-26-17-15-24-39(41)46(2,3)43(52)28-12-9-8-10-13-29-44-47(4,5)40-25-16-18-27-42(40)53(44)38-21-11-14-30-45(54)51-36-23-35-50-33-20-19-32-49-34-22-31-48;/h8-10,12-13,15-18,24-29,49-50H,6-7,11,14,19-23,30-38,48H2,1-5H3;1H. The first-order valence-corrected chi connectivity index (χ1v) is 20.9. The summed E-state index contributed by atoms with van der Waals surface area (Å²) in [7, 11) is 0. The average molecular weight is 816 g/mol. The third kappa shape index (κ3) is 13.4. The van der Waals surface area contributed by atoms with E-state index in [0.29, 0.717) is 6.42 Å². The number of hydrogen-bond donors (Lipinski definition) is 4. The van der Waals surface area contributed by atoms with E-state index < -0.39 is 0 Å². The molecular weight excluding hydrogens is 744 g/mol. The lowest BCUT2D eigenvalue weighted by Crippen LogP contribution is -3.00. The van der Waals surface area contributed by atoms with Gasteiger partial charge in [-0.2, -0.15) is 4.58 Å². The number of hydrogen-bond acceptors (Lipinski definition) is 5. The minimum atomic E-state index is -0.0808. The zero-order chi connectivity index (χ0) is 38.7. The van der Waals surface area contributed by atoms with E-state index in [2.05, 4.69) is 151 Å². The summed E-state index contributed by atoms with van der Waals surface area (Å²) in [6.45, 7) is 19.1. The molecule has 2 heterocycles. The van der Waals surface area contributed by atoms with Crippen LogP contribution in [0.2, 0.25) is 0 Å². The molecule has 2 aliphatic heterocycles. The lowest BCUT2D eigenvalue weighted by atomic mass is 9.81. The number of rotatable bonds is 25. The van der Waals surface area contributed by atoms with Crippen LogP contribution in [0.15, 0.2) is 96.8 Å². The molecule has 0 radical (unpaired) electrons. The Labute approximate surface area is 344 Å². The fraction of sp³-hybridized carbons (Fsp3) is 0.532. The third-order valence-corrected chi connectivity index (χ3v) is 10.9. The van der Waals surface area contributed by atoms with Crippen LogP contribution in [0.4, 0.5) is 11.4 Å². The highest BCUT2D eigenvalue weighted by molar-refractivity contribution is 6.03. The minimum absolute atomic E-state index is 0. The van der Waals surface area contributed by atoms with Crippen LogP contribution < -0.4 is 43.6 Å². The lowest BCUT2D eigenvalue weighted by Gasteiger charge is -2.27. The number of allylic oxidation sites excluding steroid dienone is 8. The van der Waals surface area contributed by atoms with Crippen molar-refractivity contribution in [2.24, 2.45) is 5.73 Å². The lowest BCUT2D eigenvalue weighted by molar-refractivity contribution is -0.438. The first-order chi connectivity index (χ1) is 26.2. The number of carbonyl (C=O) groups excluding carboxylic acids is 1. The molecule has 0 fully saturated rings. The summed E-state index contributed by atoms with van der Waals surface area (Å²) in [5, 5.41) is 10.0. The highest BCUT2D eigenvalue weighted by Gasteiger charge is 2.43. The van der Waals surface area contributed by atoms with Gasteiger partial charge in [-0.3, -0.25) is 4.79 Å². The molecule has 2 aromatic carbocycles. The number of amides is 1. The van der Waals surface area contributed by atoms with Gasteiger partial charge in [-0.25, -0.2) is 0 Å². The van der Waals surface area contributed by atoms with E-state index in [1.807, 2.05) is 0 Å². The molecular formula is C47H71BrN6O. The fourth-order valence-corrected chi connectivity index (χ4v) is 7.80. The molecule has 0 aromatic heterocycles. The summed E-state index contributed by atoms with van der Waals surface area (Å²) in [4.78, 5) is 15.0. The molecule has 5 N–H and O–H groups in total. The average Bonchev–Trinajstić information content (AvgIpc) is 3.51. The highest BCUT2D eigenvalue weighted by Crippen LogP contribution is 2.47. The number of anilines is 1. The fourth-order valence-electron chi connectivity index (χ4n) is 7.80. The number of benzene rings is 2. The first kappa shape index (κ1) is 46.1. The van der Waals surface area contributed by atoms with Crippen LogP contribution in [0.1, 0.15) is 110 Å². The molecule has 2 aromatic rings. The van der Waals surface area contributed by atoms with Crippen molar-refractivity contribution >= 4 is 23.0 Å². The van der Waals surface area contributed by atoms with Crippen LogP contribution in [-0.4, -0.2) is 68.6 Å². The Morgan fingerprint density at radius 3 is 2.13 bits per heavy atom. The van der Waals surface area contributed by atoms with Gasteiger partial charge in [0.25, 0.3) is 0 Å². The maximum Gasteiger partial charge on any atom is 0.219 e. The van der Waals surface area contributed by atoms with Crippen molar-refractivity contribution < 1.29 is 26.4 Å². The Balaban J connectivity index is 0.00000812. The predicted molar refractivity (Wildman–Crippen MR) is 231 cm³/mol. The van der Waals surface area contributed by atoms with Crippen LogP contribution in [0.25, 0.3) is 0 Å². The molecule has 0 aliphatic carbocycles. The third-order valence-electron chi connectivity index (χ3n) is 10.9. The van der Waals surface area contributed by atoms with Crippen molar-refractivity contribution in [2.75, 3.05) is 57.3 Å². The largest absolute Gasteiger partial charge is 1.00 e. The molecule has 0 saturated carbocycles. The Kier molecular flexibility index (Phi) is 20.4. The topological polar surface area (TPSA) is 85.4 Å². The molecule has 0 saturated heterocycles. The second-order valence-electron chi connectivity index (χ2n) is 15.9. The number of nitrogens with two attached hydrogens (primary N) is 1.